The number of aromatic nitrogens is 2. The lowest BCUT2D eigenvalue weighted by molar-refractivity contribution is -0.119. The lowest BCUT2D eigenvalue weighted by Gasteiger charge is -2.26. The number of hydrogen-bond donors (Lipinski definition) is 2. The van der Waals surface area contributed by atoms with Crippen LogP contribution in [0.25, 0.3) is 0 Å². The Hall–Kier alpha value is -1.64. The number of fused-ring (bicyclic) bond motifs is 1. The van der Waals surface area contributed by atoms with E-state index in [0.717, 1.165) is 6.42 Å². The highest BCUT2D eigenvalue weighted by atomic mass is 32.2. The van der Waals surface area contributed by atoms with E-state index in [1.807, 2.05) is 12.1 Å². The molecule has 0 saturated heterocycles. The number of hydrogen-bond acceptors (Lipinski definition) is 7. The highest BCUT2D eigenvalue weighted by Gasteiger charge is 2.20. The molecule has 1 amide bonds. The third-order valence-corrected chi connectivity index (χ3v) is 5.21. The molecule has 116 valence electrons. The van der Waals surface area contributed by atoms with Gasteiger partial charge in [-0.2, -0.15) is 0 Å². The first-order valence-electron chi connectivity index (χ1n) is 6.90. The van der Waals surface area contributed by atoms with Crippen molar-refractivity contribution in [2.45, 2.75) is 16.9 Å². The zero-order valence-electron chi connectivity index (χ0n) is 11.8. The average Bonchev–Trinajstić information content (AvgIpc) is 2.96. The van der Waals surface area contributed by atoms with Crippen LogP contribution in [0.15, 0.2) is 28.6 Å². The van der Waals surface area contributed by atoms with Crippen molar-refractivity contribution >= 4 is 34.1 Å². The van der Waals surface area contributed by atoms with Gasteiger partial charge in [-0.3, -0.25) is 4.79 Å². The molecule has 22 heavy (non-hydrogen) atoms. The number of rotatable bonds is 5. The quantitative estimate of drug-likeness (QED) is 0.807. The van der Waals surface area contributed by atoms with Gasteiger partial charge in [0.2, 0.25) is 11.0 Å². The normalized spacial score (nSPS) is 17.0. The van der Waals surface area contributed by atoms with E-state index >= 15 is 0 Å². The Morgan fingerprint density at radius 3 is 3.14 bits per heavy atom. The van der Waals surface area contributed by atoms with E-state index in [1.54, 1.807) is 0 Å². The number of nitrogens with two attached hydrogens (primary N) is 1. The molecule has 0 bridgehead atoms. The van der Waals surface area contributed by atoms with E-state index < -0.39 is 0 Å². The molecule has 1 atom stereocenters. The molecule has 8 heteroatoms. The Bertz CT molecular complexity index is 662. The Morgan fingerprint density at radius 2 is 2.32 bits per heavy atom. The van der Waals surface area contributed by atoms with Crippen molar-refractivity contribution in [3.05, 3.63) is 35.4 Å². The Labute approximate surface area is 136 Å². The fraction of sp³-hybridized carbons (Fsp3) is 0.357. The summed E-state index contributed by atoms with van der Waals surface area (Å²) < 4.78 is 6.46. The maximum absolute atomic E-state index is 11.9. The van der Waals surface area contributed by atoms with Gasteiger partial charge in [-0.15, -0.1) is 10.2 Å². The summed E-state index contributed by atoms with van der Waals surface area (Å²) in [5, 5.41) is 10.9. The molecule has 2 aromatic rings. The van der Waals surface area contributed by atoms with Gasteiger partial charge < -0.3 is 15.8 Å². The monoisotopic (exact) mass is 336 g/mol. The van der Waals surface area contributed by atoms with Gasteiger partial charge >= 0.3 is 0 Å². The minimum absolute atomic E-state index is 0.0505. The molecule has 0 spiro atoms. The molecule has 1 aromatic heterocycles. The lowest BCUT2D eigenvalue weighted by Crippen LogP contribution is -2.32. The number of nitrogen functional groups attached to an aromatic ring is 1. The van der Waals surface area contributed by atoms with Crippen LogP contribution in [-0.4, -0.2) is 35.0 Å². The molecule has 2 heterocycles. The van der Waals surface area contributed by atoms with Crippen LogP contribution >= 0.6 is 23.1 Å². The van der Waals surface area contributed by atoms with Gasteiger partial charge in [0.1, 0.15) is 6.10 Å². The molecule has 0 radical (unpaired) electrons. The molecule has 1 aliphatic rings. The summed E-state index contributed by atoms with van der Waals surface area (Å²) in [6.45, 7) is 1.17. The van der Waals surface area contributed by atoms with Gasteiger partial charge in [0.15, 0.2) is 4.34 Å². The van der Waals surface area contributed by atoms with Crippen LogP contribution in [0, 0.1) is 0 Å². The smallest absolute Gasteiger partial charge is 0.230 e. The molecular weight excluding hydrogens is 320 g/mol. The average molecular weight is 336 g/mol. The number of ether oxygens (including phenoxy) is 1. The Kier molecular flexibility index (Phi) is 4.91. The maximum Gasteiger partial charge on any atom is 0.230 e. The van der Waals surface area contributed by atoms with Crippen LogP contribution in [0.3, 0.4) is 0 Å². The predicted molar refractivity (Wildman–Crippen MR) is 86.9 cm³/mol. The molecule has 1 aliphatic heterocycles. The fourth-order valence-corrected chi connectivity index (χ4v) is 3.78. The van der Waals surface area contributed by atoms with Crippen LogP contribution < -0.4 is 11.1 Å². The zero-order chi connectivity index (χ0) is 15.4. The van der Waals surface area contributed by atoms with Gasteiger partial charge in [-0.1, -0.05) is 47.4 Å². The van der Waals surface area contributed by atoms with Gasteiger partial charge in [0.05, 0.1) is 12.4 Å². The largest absolute Gasteiger partial charge is 0.374 e. The van der Waals surface area contributed by atoms with E-state index in [-0.39, 0.29) is 12.0 Å². The summed E-state index contributed by atoms with van der Waals surface area (Å²) in [6, 6.07) is 8.20. The minimum Gasteiger partial charge on any atom is -0.374 e. The second kappa shape index (κ2) is 7.08. The van der Waals surface area contributed by atoms with Gasteiger partial charge in [-0.25, -0.2) is 0 Å². The summed E-state index contributed by atoms with van der Waals surface area (Å²) in [6.07, 6.45) is 0.852. The highest BCUT2D eigenvalue weighted by Crippen LogP contribution is 2.26. The van der Waals surface area contributed by atoms with E-state index in [2.05, 4.69) is 27.6 Å². The summed E-state index contributed by atoms with van der Waals surface area (Å²) in [5.41, 5.74) is 7.96. The van der Waals surface area contributed by atoms with Crippen molar-refractivity contribution < 1.29 is 9.53 Å². The van der Waals surface area contributed by atoms with Crippen molar-refractivity contribution in [2.75, 3.05) is 24.6 Å². The van der Waals surface area contributed by atoms with Crippen LogP contribution in [0.1, 0.15) is 17.2 Å². The number of thioether (sulfide) groups is 1. The highest BCUT2D eigenvalue weighted by molar-refractivity contribution is 8.01. The molecule has 0 saturated carbocycles. The summed E-state index contributed by atoms with van der Waals surface area (Å²) >= 11 is 2.61. The topological polar surface area (TPSA) is 90.1 Å². The third-order valence-electron chi connectivity index (χ3n) is 3.33. The van der Waals surface area contributed by atoms with Gasteiger partial charge in [0, 0.05) is 6.54 Å². The van der Waals surface area contributed by atoms with E-state index in [9.17, 15) is 4.79 Å². The first-order valence-corrected chi connectivity index (χ1v) is 8.70. The van der Waals surface area contributed by atoms with Crippen LogP contribution in [0.5, 0.6) is 0 Å². The molecular formula is C14H16N4O2S2. The van der Waals surface area contributed by atoms with E-state index in [1.165, 1.54) is 34.2 Å². The zero-order valence-corrected chi connectivity index (χ0v) is 13.5. The number of carbonyl (C=O) groups excluding carboxylic acids is 1. The molecule has 0 fully saturated rings. The number of amides is 1. The van der Waals surface area contributed by atoms with E-state index in [0.29, 0.717) is 28.4 Å². The second-order valence-corrected chi connectivity index (χ2v) is 7.04. The first-order chi connectivity index (χ1) is 10.7. The fourth-order valence-electron chi connectivity index (χ4n) is 2.31. The number of nitrogens with one attached hydrogen (secondary N) is 1. The Morgan fingerprint density at radius 1 is 1.45 bits per heavy atom. The number of nitrogens with zero attached hydrogens (tertiary/aromatic N) is 2. The number of benzene rings is 1. The third kappa shape index (κ3) is 3.76. The molecule has 1 unspecified atom stereocenters. The van der Waals surface area contributed by atoms with Crippen LogP contribution in [0.2, 0.25) is 0 Å². The SMILES string of the molecule is Nc1nnc(SCC(=O)NCC2OCCc3ccccc32)s1. The summed E-state index contributed by atoms with van der Waals surface area (Å²) in [4.78, 5) is 11.9. The molecule has 3 N–H and O–H groups in total. The van der Waals surface area contributed by atoms with Crippen molar-refractivity contribution in [3.8, 4) is 0 Å². The summed E-state index contributed by atoms with van der Waals surface area (Å²) in [7, 11) is 0. The lowest BCUT2D eigenvalue weighted by atomic mass is 9.97. The standard InChI is InChI=1S/C14H16N4O2S2/c15-13-17-18-14(22-13)21-8-12(19)16-7-11-10-4-2-1-3-9(10)5-6-20-11/h1-4,11H,5-8H2,(H2,15,17)(H,16,19). The number of carbonyl (C=O) groups is 1. The summed E-state index contributed by atoms with van der Waals surface area (Å²) in [5.74, 6) is 0.244. The Balaban J connectivity index is 1.49. The predicted octanol–water partition coefficient (Wildman–Crippen LogP) is 1.64. The number of anilines is 1. The first kappa shape index (κ1) is 15.3. The van der Waals surface area contributed by atoms with Crippen molar-refractivity contribution in [1.82, 2.24) is 15.5 Å². The molecule has 1 aromatic carbocycles. The van der Waals surface area contributed by atoms with Gasteiger partial charge in [-0.05, 0) is 17.5 Å². The van der Waals surface area contributed by atoms with Crippen molar-refractivity contribution in [3.63, 3.8) is 0 Å². The van der Waals surface area contributed by atoms with Crippen LogP contribution in [0.4, 0.5) is 5.13 Å². The minimum atomic E-state index is -0.0731. The van der Waals surface area contributed by atoms with Crippen molar-refractivity contribution in [1.29, 1.82) is 0 Å². The molecule has 6 nitrogen and oxygen atoms in total. The molecule has 3 rings (SSSR count). The van der Waals surface area contributed by atoms with Gasteiger partial charge in [0.25, 0.3) is 0 Å². The molecule has 0 aliphatic carbocycles. The van der Waals surface area contributed by atoms with E-state index in [4.69, 9.17) is 10.5 Å². The van der Waals surface area contributed by atoms with Crippen molar-refractivity contribution in [2.24, 2.45) is 0 Å². The second-order valence-electron chi connectivity index (χ2n) is 4.81. The maximum atomic E-state index is 11.9. The van der Waals surface area contributed by atoms with Crippen LogP contribution in [-0.2, 0) is 16.0 Å².